The highest BCUT2D eigenvalue weighted by atomic mass is 19.1. The van der Waals surface area contributed by atoms with Gasteiger partial charge in [-0.1, -0.05) is 76.4 Å². The molecule has 0 aliphatic heterocycles. The number of nitriles is 4. The van der Waals surface area contributed by atoms with Crippen molar-refractivity contribution in [1.82, 2.24) is 0 Å². The fourth-order valence-corrected chi connectivity index (χ4v) is 8.25. The van der Waals surface area contributed by atoms with E-state index < -0.39 is 11.4 Å². The topological polar surface area (TPSA) is 131 Å². The van der Waals surface area contributed by atoms with Crippen LogP contribution in [0.25, 0.3) is 22.3 Å². The zero-order valence-corrected chi connectivity index (χ0v) is 34.8. The smallest absolute Gasteiger partial charge is 0.333 e. The van der Waals surface area contributed by atoms with Gasteiger partial charge in [-0.05, 0) is 134 Å². The molecule has 0 unspecified atom stereocenters. The minimum absolute atomic E-state index is 0.0106. The number of hydrogen-bond acceptors (Lipinski definition) is 7. The summed E-state index contributed by atoms with van der Waals surface area (Å²) in [5.74, 6) is 1.09. The molecular weight excluding hydrogens is 724 g/mol. The van der Waals surface area contributed by atoms with Crippen molar-refractivity contribution >= 4 is 5.97 Å². The van der Waals surface area contributed by atoms with Crippen LogP contribution < -0.4 is 4.74 Å². The number of halogens is 1. The lowest BCUT2D eigenvalue weighted by Crippen LogP contribution is -2.28. The molecule has 0 atom stereocenters. The van der Waals surface area contributed by atoms with Crippen molar-refractivity contribution in [3.05, 3.63) is 88.8 Å². The van der Waals surface area contributed by atoms with Crippen molar-refractivity contribution in [3.8, 4) is 52.3 Å². The van der Waals surface area contributed by atoms with Crippen LogP contribution in [-0.4, -0.2) is 19.2 Å². The summed E-state index contributed by atoms with van der Waals surface area (Å²) < 4.78 is 28.1. The molecule has 0 N–H and O–H groups in total. The van der Waals surface area contributed by atoms with Gasteiger partial charge in [-0.2, -0.15) is 21.0 Å². The van der Waals surface area contributed by atoms with Gasteiger partial charge in [-0.3, -0.25) is 0 Å². The number of unbranched alkanes of at least 4 members (excludes halogenated alkanes) is 3. The van der Waals surface area contributed by atoms with Crippen LogP contribution >= 0.6 is 0 Å². The Hall–Kier alpha value is -5.44. The molecular formula is C50H59FN4O3. The lowest BCUT2D eigenvalue weighted by Gasteiger charge is -2.29. The lowest BCUT2D eigenvalue weighted by molar-refractivity contribution is -0.139. The molecule has 0 aromatic heterocycles. The molecule has 4 rings (SSSR count). The molecule has 0 spiro atoms. The van der Waals surface area contributed by atoms with Crippen molar-refractivity contribution in [2.24, 2.45) is 11.3 Å². The first-order valence-corrected chi connectivity index (χ1v) is 21.1. The Balaban J connectivity index is 1.72. The summed E-state index contributed by atoms with van der Waals surface area (Å²) in [5, 5.41) is 37.9. The minimum Gasteiger partial charge on any atom is -0.493 e. The summed E-state index contributed by atoms with van der Waals surface area (Å²) in [4.78, 5) is 12.2. The van der Waals surface area contributed by atoms with Crippen molar-refractivity contribution in [1.29, 1.82) is 21.0 Å². The highest BCUT2D eigenvalue weighted by molar-refractivity contribution is 5.87. The number of benzene rings is 3. The van der Waals surface area contributed by atoms with E-state index in [4.69, 9.17) is 9.47 Å². The Morgan fingerprint density at radius 3 is 2.10 bits per heavy atom. The molecule has 1 saturated carbocycles. The molecule has 8 heteroatoms. The van der Waals surface area contributed by atoms with Gasteiger partial charge in [0.15, 0.2) is 0 Å². The van der Waals surface area contributed by atoms with Gasteiger partial charge in [0, 0.05) is 42.2 Å². The molecule has 1 fully saturated rings. The SMILES string of the molecule is C=C(C)C(=O)OCCCc1cc(-c2ccc(C3CCC(CCCCC)CC3)cc2F)c(CC)cc1-c1ccc(OCC(CC#N)(CC#N)CC#N)c(CCCC#N)c1. The van der Waals surface area contributed by atoms with Crippen LogP contribution in [-0.2, 0) is 28.8 Å². The Kier molecular flexibility index (Phi) is 18.0. The van der Waals surface area contributed by atoms with Crippen LogP contribution in [0, 0.1) is 62.5 Å². The third kappa shape index (κ3) is 12.5. The quantitative estimate of drug-likeness (QED) is 0.0563. The third-order valence-electron chi connectivity index (χ3n) is 11.7. The Labute approximate surface area is 346 Å². The number of ether oxygens (including phenoxy) is 2. The molecule has 0 saturated heterocycles. The third-order valence-corrected chi connectivity index (χ3v) is 11.7. The normalized spacial score (nSPS) is 15.0. The van der Waals surface area contributed by atoms with Crippen LogP contribution in [0.5, 0.6) is 5.75 Å². The van der Waals surface area contributed by atoms with Gasteiger partial charge in [-0.25, -0.2) is 9.18 Å². The van der Waals surface area contributed by atoms with Crippen molar-refractivity contribution < 1.29 is 18.7 Å². The molecule has 1 aliphatic carbocycles. The maximum Gasteiger partial charge on any atom is 0.333 e. The predicted molar refractivity (Wildman–Crippen MR) is 227 cm³/mol. The van der Waals surface area contributed by atoms with Gasteiger partial charge >= 0.3 is 5.97 Å². The van der Waals surface area contributed by atoms with Gasteiger partial charge < -0.3 is 9.47 Å². The van der Waals surface area contributed by atoms with Crippen molar-refractivity contribution in [2.75, 3.05) is 13.2 Å². The molecule has 0 radical (unpaired) electrons. The van der Waals surface area contributed by atoms with Gasteiger partial charge in [-0.15, -0.1) is 0 Å². The summed E-state index contributed by atoms with van der Waals surface area (Å²) in [7, 11) is 0. The molecule has 7 nitrogen and oxygen atoms in total. The van der Waals surface area contributed by atoms with Crippen LogP contribution in [0.3, 0.4) is 0 Å². The molecule has 304 valence electrons. The number of rotatable bonds is 22. The number of carbonyl (C=O) groups is 1. The zero-order valence-electron chi connectivity index (χ0n) is 34.8. The van der Waals surface area contributed by atoms with Crippen LogP contribution in [0.4, 0.5) is 4.39 Å². The van der Waals surface area contributed by atoms with Crippen LogP contribution in [0.1, 0.15) is 139 Å². The Bertz CT molecular complexity index is 2000. The van der Waals surface area contributed by atoms with Gasteiger partial charge in [0.05, 0.1) is 37.5 Å². The van der Waals surface area contributed by atoms with Gasteiger partial charge in [0.2, 0.25) is 0 Å². The maximum absolute atomic E-state index is 16.3. The zero-order chi connectivity index (χ0) is 41.9. The largest absolute Gasteiger partial charge is 0.493 e. The average Bonchev–Trinajstić information content (AvgIpc) is 3.22. The molecule has 0 heterocycles. The lowest BCUT2D eigenvalue weighted by atomic mass is 9.76. The molecule has 0 bridgehead atoms. The summed E-state index contributed by atoms with van der Waals surface area (Å²) in [6.07, 6.45) is 13.1. The van der Waals surface area contributed by atoms with E-state index in [1.165, 1.54) is 38.5 Å². The maximum atomic E-state index is 16.3. The molecule has 1 aliphatic rings. The van der Waals surface area contributed by atoms with Crippen LogP contribution in [0.15, 0.2) is 60.7 Å². The van der Waals surface area contributed by atoms with E-state index in [0.717, 1.165) is 57.7 Å². The number of esters is 1. The number of aryl methyl sites for hydroxylation is 3. The Morgan fingerprint density at radius 1 is 0.793 bits per heavy atom. The van der Waals surface area contributed by atoms with Crippen molar-refractivity contribution in [3.63, 3.8) is 0 Å². The Morgan fingerprint density at radius 2 is 1.48 bits per heavy atom. The van der Waals surface area contributed by atoms with E-state index in [1.54, 1.807) is 13.0 Å². The second kappa shape index (κ2) is 23.1. The highest BCUT2D eigenvalue weighted by Crippen LogP contribution is 2.41. The van der Waals surface area contributed by atoms with E-state index in [1.807, 2.05) is 18.2 Å². The number of carbonyl (C=O) groups excluding carboxylic acids is 1. The fourth-order valence-electron chi connectivity index (χ4n) is 8.25. The molecule has 3 aromatic carbocycles. The summed E-state index contributed by atoms with van der Waals surface area (Å²) >= 11 is 0. The van der Waals surface area contributed by atoms with Gasteiger partial charge in [0.1, 0.15) is 11.6 Å². The monoisotopic (exact) mass is 782 g/mol. The number of nitrogens with zero attached hydrogens (tertiary/aromatic N) is 4. The van der Waals surface area contributed by atoms with Gasteiger partial charge in [0.25, 0.3) is 0 Å². The highest BCUT2D eigenvalue weighted by Gasteiger charge is 2.32. The number of hydrogen-bond donors (Lipinski definition) is 0. The first-order valence-electron chi connectivity index (χ1n) is 21.1. The van der Waals surface area contributed by atoms with E-state index in [2.05, 4.69) is 69.0 Å². The fraction of sp³-hybridized carbons (Fsp3) is 0.500. The summed E-state index contributed by atoms with van der Waals surface area (Å²) in [6.45, 7) is 9.86. The van der Waals surface area contributed by atoms with E-state index in [9.17, 15) is 25.8 Å². The van der Waals surface area contributed by atoms with Crippen LogP contribution in [0.2, 0.25) is 0 Å². The molecule has 0 amide bonds. The minimum atomic E-state index is -0.922. The predicted octanol–water partition coefficient (Wildman–Crippen LogP) is 12.6. The standard InChI is InChI=1S/C50H59FN4O3/c1-5-7-8-12-37-15-17-39(18-16-37)40-19-21-44(47(51)34-40)46-33-41(14-11-30-57-49(56)36(3)4)45(32-38(46)6-2)42-20-22-48(43(31-42)13-9-10-26-52)58-35-50(23-27-53,24-28-54)25-29-55/h19-22,31-34,37,39H,3,5-18,23-25,30,35H2,1-2,4H3. The molecule has 3 aromatic rings. The van der Waals surface area contributed by atoms with E-state index >= 15 is 4.39 Å². The second-order valence-corrected chi connectivity index (χ2v) is 16.1. The molecule has 58 heavy (non-hydrogen) atoms. The summed E-state index contributed by atoms with van der Waals surface area (Å²) in [6, 6.07) is 24.6. The second-order valence-electron chi connectivity index (χ2n) is 16.1. The van der Waals surface area contributed by atoms with E-state index in [-0.39, 0.29) is 38.3 Å². The summed E-state index contributed by atoms with van der Waals surface area (Å²) in [5.41, 5.74) is 6.68. The average molecular weight is 783 g/mol. The van der Waals surface area contributed by atoms with E-state index in [0.29, 0.717) is 61.3 Å². The first kappa shape index (κ1) is 45.3. The first-order chi connectivity index (χ1) is 28.1. The van der Waals surface area contributed by atoms with Crippen molar-refractivity contribution in [2.45, 2.75) is 136 Å².